The molecule has 1 N–H and O–H groups in total. The molecule has 1 heterocycles. The Kier molecular flexibility index (Phi) is 4.23. The SMILES string of the molecule is COc1ccccc1CCN1CC(C)(C2CC2)NCC1C. The highest BCUT2D eigenvalue weighted by atomic mass is 16.5. The molecule has 0 amide bonds. The fraction of sp³-hybridized carbons (Fsp3) is 0.667. The summed E-state index contributed by atoms with van der Waals surface area (Å²) in [6.45, 7) is 8.15. The molecule has 3 rings (SSSR count). The number of para-hydroxylation sites is 1. The normalized spacial score (nSPS) is 30.3. The highest BCUT2D eigenvalue weighted by molar-refractivity contribution is 5.33. The molecule has 2 atom stereocenters. The highest BCUT2D eigenvalue weighted by Gasteiger charge is 2.45. The van der Waals surface area contributed by atoms with Crippen LogP contribution in [0.4, 0.5) is 0 Å². The van der Waals surface area contributed by atoms with Gasteiger partial charge in [0.1, 0.15) is 5.75 Å². The first kappa shape index (κ1) is 14.9. The van der Waals surface area contributed by atoms with Gasteiger partial charge in [0.25, 0.3) is 0 Å². The minimum Gasteiger partial charge on any atom is -0.496 e. The molecule has 1 aromatic rings. The van der Waals surface area contributed by atoms with Gasteiger partial charge in [0, 0.05) is 31.2 Å². The van der Waals surface area contributed by atoms with Crippen molar-refractivity contribution in [2.24, 2.45) is 5.92 Å². The third-order valence-corrected chi connectivity index (χ3v) is 5.30. The molecule has 1 aliphatic heterocycles. The van der Waals surface area contributed by atoms with E-state index in [9.17, 15) is 0 Å². The van der Waals surface area contributed by atoms with Gasteiger partial charge in [0.2, 0.25) is 0 Å². The van der Waals surface area contributed by atoms with Gasteiger partial charge in [-0.15, -0.1) is 0 Å². The van der Waals surface area contributed by atoms with Gasteiger partial charge in [-0.2, -0.15) is 0 Å². The second-order valence-electron chi connectivity index (χ2n) is 6.95. The van der Waals surface area contributed by atoms with Crippen LogP contribution in [0.3, 0.4) is 0 Å². The van der Waals surface area contributed by atoms with E-state index in [1.807, 2.05) is 6.07 Å². The standard InChI is InChI=1S/C18H28N2O/c1-14-12-19-18(2,16-8-9-16)13-20(14)11-10-15-6-4-5-7-17(15)21-3/h4-7,14,16,19H,8-13H2,1-3H3. The fourth-order valence-corrected chi connectivity index (χ4v) is 3.61. The fourth-order valence-electron chi connectivity index (χ4n) is 3.61. The Hall–Kier alpha value is -1.06. The number of methoxy groups -OCH3 is 1. The van der Waals surface area contributed by atoms with Crippen molar-refractivity contribution in [3.8, 4) is 5.75 Å². The minimum absolute atomic E-state index is 0.327. The van der Waals surface area contributed by atoms with E-state index in [0.717, 1.165) is 31.2 Å². The van der Waals surface area contributed by atoms with Gasteiger partial charge in [-0.05, 0) is 50.7 Å². The number of piperazine rings is 1. The molecule has 0 bridgehead atoms. The van der Waals surface area contributed by atoms with E-state index in [-0.39, 0.29) is 0 Å². The Morgan fingerprint density at radius 1 is 1.33 bits per heavy atom. The Bertz CT molecular complexity index is 486. The van der Waals surface area contributed by atoms with Crippen LogP contribution in [-0.4, -0.2) is 43.2 Å². The summed E-state index contributed by atoms with van der Waals surface area (Å²) >= 11 is 0. The number of nitrogens with zero attached hydrogens (tertiary/aromatic N) is 1. The molecule has 0 aromatic heterocycles. The monoisotopic (exact) mass is 288 g/mol. The Labute approximate surface area is 128 Å². The number of rotatable bonds is 5. The van der Waals surface area contributed by atoms with Crippen molar-refractivity contribution in [3.05, 3.63) is 29.8 Å². The second-order valence-corrected chi connectivity index (χ2v) is 6.95. The largest absolute Gasteiger partial charge is 0.496 e. The maximum Gasteiger partial charge on any atom is 0.122 e. The zero-order chi connectivity index (χ0) is 14.9. The molecule has 2 aliphatic rings. The molecule has 2 unspecified atom stereocenters. The zero-order valence-electron chi connectivity index (χ0n) is 13.6. The summed E-state index contributed by atoms with van der Waals surface area (Å²) in [5.41, 5.74) is 1.65. The number of hydrogen-bond donors (Lipinski definition) is 1. The van der Waals surface area contributed by atoms with Gasteiger partial charge in [0.15, 0.2) is 0 Å². The van der Waals surface area contributed by atoms with Crippen molar-refractivity contribution in [1.29, 1.82) is 0 Å². The molecular weight excluding hydrogens is 260 g/mol. The van der Waals surface area contributed by atoms with E-state index < -0.39 is 0 Å². The van der Waals surface area contributed by atoms with Crippen LogP contribution in [0, 0.1) is 5.92 Å². The third kappa shape index (κ3) is 3.24. The lowest BCUT2D eigenvalue weighted by molar-refractivity contribution is 0.0843. The predicted octanol–water partition coefficient (Wildman–Crippen LogP) is 2.70. The quantitative estimate of drug-likeness (QED) is 0.901. The van der Waals surface area contributed by atoms with Crippen LogP contribution in [0.1, 0.15) is 32.3 Å². The smallest absolute Gasteiger partial charge is 0.122 e. The van der Waals surface area contributed by atoms with E-state index in [1.165, 1.54) is 24.9 Å². The van der Waals surface area contributed by atoms with Gasteiger partial charge in [0.05, 0.1) is 7.11 Å². The van der Waals surface area contributed by atoms with Crippen molar-refractivity contribution < 1.29 is 4.74 Å². The molecule has 1 aromatic carbocycles. The number of nitrogens with one attached hydrogen (secondary N) is 1. The van der Waals surface area contributed by atoms with Crippen LogP contribution in [0.15, 0.2) is 24.3 Å². The van der Waals surface area contributed by atoms with Gasteiger partial charge < -0.3 is 10.1 Å². The average Bonchev–Trinajstić information content (AvgIpc) is 3.34. The second kappa shape index (κ2) is 5.98. The molecule has 21 heavy (non-hydrogen) atoms. The summed E-state index contributed by atoms with van der Waals surface area (Å²) in [4.78, 5) is 2.65. The lowest BCUT2D eigenvalue weighted by atomic mass is 9.91. The molecule has 1 saturated heterocycles. The Balaban J connectivity index is 1.63. The van der Waals surface area contributed by atoms with E-state index in [4.69, 9.17) is 4.74 Å². The zero-order valence-corrected chi connectivity index (χ0v) is 13.6. The molecule has 3 nitrogen and oxygen atoms in total. The van der Waals surface area contributed by atoms with Crippen molar-refractivity contribution in [2.45, 2.75) is 44.7 Å². The molecule has 116 valence electrons. The van der Waals surface area contributed by atoms with E-state index >= 15 is 0 Å². The van der Waals surface area contributed by atoms with Crippen LogP contribution in [0.25, 0.3) is 0 Å². The van der Waals surface area contributed by atoms with Crippen LogP contribution in [0.2, 0.25) is 0 Å². The number of hydrogen-bond acceptors (Lipinski definition) is 3. The van der Waals surface area contributed by atoms with Gasteiger partial charge >= 0.3 is 0 Å². The topological polar surface area (TPSA) is 24.5 Å². The first-order valence-corrected chi connectivity index (χ1v) is 8.23. The third-order valence-electron chi connectivity index (χ3n) is 5.30. The van der Waals surface area contributed by atoms with Crippen LogP contribution in [0.5, 0.6) is 5.75 Å². The first-order chi connectivity index (χ1) is 10.1. The molecular formula is C18H28N2O. The molecule has 3 heteroatoms. The van der Waals surface area contributed by atoms with Crippen LogP contribution in [-0.2, 0) is 6.42 Å². The highest BCUT2D eigenvalue weighted by Crippen LogP contribution is 2.41. The van der Waals surface area contributed by atoms with Gasteiger partial charge in [-0.25, -0.2) is 0 Å². The summed E-state index contributed by atoms with van der Waals surface area (Å²) in [6, 6.07) is 9.01. The summed E-state index contributed by atoms with van der Waals surface area (Å²) in [5, 5.41) is 3.79. The summed E-state index contributed by atoms with van der Waals surface area (Å²) in [5.74, 6) is 1.91. The average molecular weight is 288 g/mol. The first-order valence-electron chi connectivity index (χ1n) is 8.23. The Morgan fingerprint density at radius 3 is 2.81 bits per heavy atom. The lowest BCUT2D eigenvalue weighted by Crippen LogP contribution is -2.63. The maximum absolute atomic E-state index is 5.47. The number of benzene rings is 1. The van der Waals surface area contributed by atoms with Crippen LogP contribution >= 0.6 is 0 Å². The van der Waals surface area contributed by atoms with Crippen molar-refractivity contribution >= 4 is 0 Å². The summed E-state index contributed by atoms with van der Waals surface area (Å²) < 4.78 is 5.47. The maximum atomic E-state index is 5.47. The van der Waals surface area contributed by atoms with Gasteiger partial charge in [-0.3, -0.25) is 4.90 Å². The van der Waals surface area contributed by atoms with E-state index in [1.54, 1.807) is 7.11 Å². The van der Waals surface area contributed by atoms with Crippen molar-refractivity contribution in [1.82, 2.24) is 10.2 Å². The van der Waals surface area contributed by atoms with Crippen molar-refractivity contribution in [3.63, 3.8) is 0 Å². The lowest BCUT2D eigenvalue weighted by Gasteiger charge is -2.45. The Morgan fingerprint density at radius 2 is 2.10 bits per heavy atom. The van der Waals surface area contributed by atoms with Crippen molar-refractivity contribution in [2.75, 3.05) is 26.7 Å². The van der Waals surface area contributed by atoms with E-state index in [0.29, 0.717) is 11.6 Å². The predicted molar refractivity (Wildman–Crippen MR) is 86.9 cm³/mol. The molecule has 1 aliphatic carbocycles. The summed E-state index contributed by atoms with van der Waals surface area (Å²) in [7, 11) is 1.76. The number of ether oxygens (including phenoxy) is 1. The minimum atomic E-state index is 0.327. The molecule has 0 radical (unpaired) electrons. The molecule has 0 spiro atoms. The summed E-state index contributed by atoms with van der Waals surface area (Å²) in [6.07, 6.45) is 3.87. The van der Waals surface area contributed by atoms with Crippen LogP contribution < -0.4 is 10.1 Å². The van der Waals surface area contributed by atoms with E-state index in [2.05, 4.69) is 42.3 Å². The molecule has 2 fully saturated rings. The molecule has 1 saturated carbocycles. The van der Waals surface area contributed by atoms with Gasteiger partial charge in [-0.1, -0.05) is 18.2 Å².